The van der Waals surface area contributed by atoms with E-state index in [0.29, 0.717) is 6.41 Å². The van der Waals surface area contributed by atoms with E-state index in [1.807, 2.05) is 0 Å². The minimum atomic E-state index is -3.25. The Bertz CT molecular complexity index is 386. The van der Waals surface area contributed by atoms with E-state index in [1.54, 1.807) is 18.2 Å². The second-order valence-electron chi connectivity index (χ2n) is 2.70. The highest BCUT2D eigenvalue weighted by atomic mass is 32.2. The number of hydrogen-bond donors (Lipinski definition) is 1. The van der Waals surface area contributed by atoms with E-state index in [1.165, 1.54) is 12.1 Å². The topological polar surface area (TPSA) is 63.2 Å². The lowest BCUT2D eigenvalue weighted by Crippen LogP contribution is -2.21. The molecule has 0 fully saturated rings. The Morgan fingerprint density at radius 3 is 2.43 bits per heavy atom. The van der Waals surface area contributed by atoms with Crippen molar-refractivity contribution in [3.63, 3.8) is 0 Å². The number of nitrogens with one attached hydrogen (secondary N) is 1. The molecule has 0 aliphatic carbocycles. The first kappa shape index (κ1) is 10.7. The first-order valence-electron chi connectivity index (χ1n) is 4.11. The maximum Gasteiger partial charge on any atom is 0.207 e. The van der Waals surface area contributed by atoms with Crippen molar-refractivity contribution in [2.24, 2.45) is 0 Å². The molecule has 1 rings (SSSR count). The minimum absolute atomic E-state index is 0.0737. The third kappa shape index (κ3) is 2.85. The second kappa shape index (κ2) is 4.76. The molecular weight excluding hydrogens is 202 g/mol. The largest absolute Gasteiger partial charge is 0.358 e. The normalized spacial score (nSPS) is 10.9. The predicted molar refractivity (Wildman–Crippen MR) is 52.6 cm³/mol. The van der Waals surface area contributed by atoms with Crippen LogP contribution < -0.4 is 5.32 Å². The van der Waals surface area contributed by atoms with Crippen molar-refractivity contribution >= 4 is 16.2 Å². The van der Waals surface area contributed by atoms with Crippen LogP contribution in [0.5, 0.6) is 0 Å². The van der Waals surface area contributed by atoms with Crippen molar-refractivity contribution in [2.75, 3.05) is 12.3 Å². The molecule has 1 aromatic rings. The van der Waals surface area contributed by atoms with Gasteiger partial charge in [0.05, 0.1) is 10.6 Å². The summed E-state index contributed by atoms with van der Waals surface area (Å²) in [5.74, 6) is -0.0737. The van der Waals surface area contributed by atoms with Gasteiger partial charge in [0.1, 0.15) is 0 Å². The highest BCUT2D eigenvalue weighted by Crippen LogP contribution is 2.08. The molecule has 0 radical (unpaired) electrons. The van der Waals surface area contributed by atoms with Crippen LogP contribution in [0.2, 0.25) is 0 Å². The van der Waals surface area contributed by atoms with Gasteiger partial charge in [0, 0.05) is 6.54 Å². The number of sulfone groups is 1. The monoisotopic (exact) mass is 213 g/mol. The van der Waals surface area contributed by atoms with Gasteiger partial charge in [0.25, 0.3) is 0 Å². The maximum atomic E-state index is 11.6. The van der Waals surface area contributed by atoms with E-state index in [4.69, 9.17) is 0 Å². The summed E-state index contributed by atoms with van der Waals surface area (Å²) in [6.07, 6.45) is 0.487. The number of amides is 1. The Labute approximate surface area is 82.9 Å². The first-order valence-corrected chi connectivity index (χ1v) is 5.77. The average molecular weight is 213 g/mol. The van der Waals surface area contributed by atoms with Crippen LogP contribution in [0.25, 0.3) is 0 Å². The Hall–Kier alpha value is -1.36. The van der Waals surface area contributed by atoms with Gasteiger partial charge < -0.3 is 5.32 Å². The molecule has 0 saturated heterocycles. The Kier molecular flexibility index (Phi) is 3.64. The molecule has 14 heavy (non-hydrogen) atoms. The number of rotatable bonds is 5. The van der Waals surface area contributed by atoms with Crippen LogP contribution in [0.4, 0.5) is 0 Å². The molecular formula is C9H11NO3S. The molecule has 0 saturated carbocycles. The predicted octanol–water partition coefficient (Wildman–Crippen LogP) is 0.206. The van der Waals surface area contributed by atoms with Crippen molar-refractivity contribution in [1.29, 1.82) is 0 Å². The molecule has 4 nitrogen and oxygen atoms in total. The molecule has 0 aliphatic heterocycles. The van der Waals surface area contributed by atoms with Crippen molar-refractivity contribution in [3.05, 3.63) is 30.3 Å². The van der Waals surface area contributed by atoms with E-state index < -0.39 is 9.84 Å². The van der Waals surface area contributed by atoms with Crippen LogP contribution in [0.3, 0.4) is 0 Å². The SMILES string of the molecule is O=CNCCS(=O)(=O)c1ccccc1. The van der Waals surface area contributed by atoms with Gasteiger partial charge in [-0.3, -0.25) is 4.79 Å². The van der Waals surface area contributed by atoms with Gasteiger partial charge in [-0.1, -0.05) is 18.2 Å². The number of hydrogen-bond acceptors (Lipinski definition) is 3. The fourth-order valence-electron chi connectivity index (χ4n) is 0.998. The van der Waals surface area contributed by atoms with Crippen LogP contribution in [0.1, 0.15) is 0 Å². The molecule has 0 unspecified atom stereocenters. The lowest BCUT2D eigenvalue weighted by atomic mass is 10.4. The fraction of sp³-hybridized carbons (Fsp3) is 0.222. The molecule has 0 heterocycles. The van der Waals surface area contributed by atoms with Crippen LogP contribution >= 0.6 is 0 Å². The summed E-state index contributed by atoms with van der Waals surface area (Å²) in [5, 5.41) is 2.31. The van der Waals surface area contributed by atoms with Gasteiger partial charge in [0.15, 0.2) is 9.84 Å². The third-order valence-corrected chi connectivity index (χ3v) is 3.43. The van der Waals surface area contributed by atoms with Gasteiger partial charge in [-0.2, -0.15) is 0 Å². The molecule has 1 aromatic carbocycles. The summed E-state index contributed by atoms with van der Waals surface area (Å²) in [6.45, 7) is 0.140. The zero-order valence-corrected chi connectivity index (χ0v) is 8.33. The molecule has 1 N–H and O–H groups in total. The zero-order valence-electron chi connectivity index (χ0n) is 7.51. The van der Waals surface area contributed by atoms with Crippen LogP contribution in [0.15, 0.2) is 35.2 Å². The number of benzene rings is 1. The van der Waals surface area contributed by atoms with E-state index in [9.17, 15) is 13.2 Å². The Balaban J connectivity index is 2.72. The number of carbonyl (C=O) groups excluding carboxylic acids is 1. The molecule has 1 amide bonds. The van der Waals surface area contributed by atoms with Crippen LogP contribution in [-0.2, 0) is 14.6 Å². The standard InChI is InChI=1S/C9H11NO3S/c11-8-10-6-7-14(12,13)9-4-2-1-3-5-9/h1-5,8H,6-7H2,(H,10,11). The van der Waals surface area contributed by atoms with Gasteiger partial charge in [-0.25, -0.2) is 8.42 Å². The van der Waals surface area contributed by atoms with Crippen molar-refractivity contribution < 1.29 is 13.2 Å². The van der Waals surface area contributed by atoms with Crippen molar-refractivity contribution in [1.82, 2.24) is 5.32 Å². The maximum absolute atomic E-state index is 11.6. The lowest BCUT2D eigenvalue weighted by molar-refractivity contribution is -0.109. The van der Waals surface area contributed by atoms with Gasteiger partial charge in [-0.15, -0.1) is 0 Å². The smallest absolute Gasteiger partial charge is 0.207 e. The van der Waals surface area contributed by atoms with E-state index in [-0.39, 0.29) is 17.2 Å². The van der Waals surface area contributed by atoms with Crippen molar-refractivity contribution in [3.8, 4) is 0 Å². The summed E-state index contributed by atoms with van der Waals surface area (Å²) < 4.78 is 23.1. The Morgan fingerprint density at radius 1 is 1.21 bits per heavy atom. The van der Waals surface area contributed by atoms with Crippen LogP contribution in [-0.4, -0.2) is 27.1 Å². The quantitative estimate of drug-likeness (QED) is 0.561. The highest BCUT2D eigenvalue weighted by Gasteiger charge is 2.12. The second-order valence-corrected chi connectivity index (χ2v) is 4.81. The minimum Gasteiger partial charge on any atom is -0.358 e. The van der Waals surface area contributed by atoms with Gasteiger partial charge >= 0.3 is 0 Å². The zero-order chi connectivity index (χ0) is 10.4. The third-order valence-electron chi connectivity index (χ3n) is 1.70. The van der Waals surface area contributed by atoms with E-state index in [2.05, 4.69) is 5.32 Å². The molecule has 0 spiro atoms. The molecule has 5 heteroatoms. The molecule has 0 aliphatic rings. The number of carbonyl (C=O) groups is 1. The summed E-state index contributed by atoms with van der Waals surface area (Å²) in [7, 11) is -3.25. The fourth-order valence-corrected chi connectivity index (χ4v) is 2.19. The summed E-state index contributed by atoms with van der Waals surface area (Å²) in [6, 6.07) is 8.16. The summed E-state index contributed by atoms with van der Waals surface area (Å²) >= 11 is 0. The molecule has 0 atom stereocenters. The van der Waals surface area contributed by atoms with Gasteiger partial charge in [-0.05, 0) is 12.1 Å². The average Bonchev–Trinajstić information content (AvgIpc) is 2.19. The first-order chi connectivity index (χ1) is 6.67. The van der Waals surface area contributed by atoms with Crippen molar-refractivity contribution in [2.45, 2.75) is 4.90 Å². The van der Waals surface area contributed by atoms with Gasteiger partial charge in [0.2, 0.25) is 6.41 Å². The van der Waals surface area contributed by atoms with Crippen LogP contribution in [0, 0.1) is 0 Å². The molecule has 0 aromatic heterocycles. The Morgan fingerprint density at radius 2 is 1.86 bits per heavy atom. The van der Waals surface area contributed by atoms with E-state index in [0.717, 1.165) is 0 Å². The lowest BCUT2D eigenvalue weighted by Gasteiger charge is -2.02. The summed E-state index contributed by atoms with van der Waals surface area (Å²) in [5.41, 5.74) is 0. The summed E-state index contributed by atoms with van der Waals surface area (Å²) in [4.78, 5) is 10.2. The molecule has 76 valence electrons. The molecule has 0 bridgehead atoms. The highest BCUT2D eigenvalue weighted by molar-refractivity contribution is 7.91. The van der Waals surface area contributed by atoms with E-state index >= 15 is 0 Å².